The number of carbonyl (C=O) groups is 1. The van der Waals surface area contributed by atoms with Crippen molar-refractivity contribution in [2.75, 3.05) is 18.6 Å². The van der Waals surface area contributed by atoms with Crippen LogP contribution in [0.1, 0.15) is 31.9 Å². The molecular weight excluding hydrogens is 236 g/mol. The van der Waals surface area contributed by atoms with Crippen LogP contribution in [-0.2, 0) is 16.0 Å². The summed E-state index contributed by atoms with van der Waals surface area (Å²) in [7, 11) is 2.08. The summed E-state index contributed by atoms with van der Waals surface area (Å²) < 4.78 is 4.91. The summed E-state index contributed by atoms with van der Waals surface area (Å²) in [4.78, 5) is 18.0. The number of ether oxygens (including phenoxy) is 1. The van der Waals surface area contributed by atoms with Crippen LogP contribution in [0.15, 0.2) is 5.38 Å². The molecule has 0 radical (unpaired) electrons. The summed E-state index contributed by atoms with van der Waals surface area (Å²) in [6.07, 6.45) is 4.10. The van der Waals surface area contributed by atoms with Gasteiger partial charge in [0.2, 0.25) is 0 Å². The van der Waals surface area contributed by atoms with Gasteiger partial charge < -0.3 is 9.64 Å². The second-order valence-electron chi connectivity index (χ2n) is 4.30. The third-order valence-electron chi connectivity index (χ3n) is 3.09. The van der Waals surface area contributed by atoms with Crippen LogP contribution in [0, 0.1) is 0 Å². The number of carbonyl (C=O) groups excluding carboxylic acids is 1. The lowest BCUT2D eigenvalue weighted by atomic mass is 9.92. The number of anilines is 1. The number of thiazole rings is 1. The van der Waals surface area contributed by atoms with Crippen molar-refractivity contribution in [3.63, 3.8) is 0 Å². The first-order valence-electron chi connectivity index (χ1n) is 6.03. The summed E-state index contributed by atoms with van der Waals surface area (Å²) >= 11 is 1.60. The van der Waals surface area contributed by atoms with E-state index in [0.29, 0.717) is 12.6 Å². The molecule has 0 aromatic carbocycles. The minimum atomic E-state index is -0.198. The Labute approximate surface area is 106 Å². The fourth-order valence-electron chi connectivity index (χ4n) is 1.83. The molecule has 0 unspecified atom stereocenters. The van der Waals surface area contributed by atoms with Gasteiger partial charge in [-0.25, -0.2) is 4.98 Å². The van der Waals surface area contributed by atoms with Gasteiger partial charge in [-0.2, -0.15) is 0 Å². The molecule has 0 bridgehead atoms. The average molecular weight is 254 g/mol. The van der Waals surface area contributed by atoms with E-state index in [0.717, 1.165) is 10.8 Å². The van der Waals surface area contributed by atoms with E-state index in [1.165, 1.54) is 19.3 Å². The smallest absolute Gasteiger partial charge is 0.311 e. The van der Waals surface area contributed by atoms with Crippen LogP contribution in [0.4, 0.5) is 5.13 Å². The minimum Gasteiger partial charge on any atom is -0.466 e. The van der Waals surface area contributed by atoms with Crippen molar-refractivity contribution >= 4 is 22.4 Å². The quantitative estimate of drug-likeness (QED) is 0.756. The van der Waals surface area contributed by atoms with Crippen molar-refractivity contribution in [1.29, 1.82) is 0 Å². The van der Waals surface area contributed by atoms with E-state index in [4.69, 9.17) is 4.74 Å². The second-order valence-corrected chi connectivity index (χ2v) is 5.14. The molecular formula is C12H18N2O2S. The maximum absolute atomic E-state index is 11.3. The van der Waals surface area contributed by atoms with Gasteiger partial charge in [0.15, 0.2) is 5.13 Å². The first kappa shape index (κ1) is 12.4. The van der Waals surface area contributed by atoms with Gasteiger partial charge in [-0.05, 0) is 26.2 Å². The van der Waals surface area contributed by atoms with Gasteiger partial charge in [0.1, 0.15) is 0 Å². The molecule has 1 aromatic rings. The first-order chi connectivity index (χ1) is 8.20. The Hall–Kier alpha value is -1.10. The fourth-order valence-corrected chi connectivity index (χ4v) is 2.69. The number of rotatable bonds is 5. The Morgan fingerprint density at radius 3 is 3.00 bits per heavy atom. The maximum Gasteiger partial charge on any atom is 0.311 e. The Balaban J connectivity index is 1.93. The van der Waals surface area contributed by atoms with E-state index in [2.05, 4.69) is 16.9 Å². The molecule has 1 heterocycles. The van der Waals surface area contributed by atoms with Crippen molar-refractivity contribution in [1.82, 2.24) is 4.98 Å². The maximum atomic E-state index is 11.3. The molecule has 0 spiro atoms. The predicted molar refractivity (Wildman–Crippen MR) is 68.5 cm³/mol. The lowest BCUT2D eigenvalue weighted by molar-refractivity contribution is -0.142. The van der Waals surface area contributed by atoms with E-state index >= 15 is 0 Å². The number of nitrogens with zero attached hydrogens (tertiary/aromatic N) is 2. The Bertz CT molecular complexity index is 388. The van der Waals surface area contributed by atoms with Crippen LogP contribution in [0.5, 0.6) is 0 Å². The number of aromatic nitrogens is 1. The molecule has 2 rings (SSSR count). The van der Waals surface area contributed by atoms with Gasteiger partial charge in [-0.1, -0.05) is 0 Å². The fraction of sp³-hybridized carbons (Fsp3) is 0.667. The van der Waals surface area contributed by atoms with Gasteiger partial charge in [-0.15, -0.1) is 11.3 Å². The predicted octanol–water partition coefficient (Wildman–Crippen LogP) is 2.24. The standard InChI is InChI=1S/C12H18N2O2S/c1-3-16-11(15)7-9-8-17-12(13-9)14(2)10-5-4-6-10/h8,10H,3-7H2,1-2H3. The number of hydrogen-bond donors (Lipinski definition) is 0. The molecule has 1 fully saturated rings. The highest BCUT2D eigenvalue weighted by Gasteiger charge is 2.24. The molecule has 0 saturated heterocycles. The summed E-state index contributed by atoms with van der Waals surface area (Å²) in [6.45, 7) is 2.24. The molecule has 94 valence electrons. The van der Waals surface area contributed by atoms with E-state index in [-0.39, 0.29) is 12.4 Å². The van der Waals surface area contributed by atoms with Crippen molar-refractivity contribution in [2.45, 2.75) is 38.6 Å². The summed E-state index contributed by atoms with van der Waals surface area (Å²) in [5.41, 5.74) is 0.814. The lowest BCUT2D eigenvalue weighted by Gasteiger charge is -2.34. The molecule has 0 N–H and O–H groups in total. The van der Waals surface area contributed by atoms with E-state index in [1.807, 2.05) is 12.3 Å². The summed E-state index contributed by atoms with van der Waals surface area (Å²) in [5, 5.41) is 2.95. The van der Waals surface area contributed by atoms with Gasteiger partial charge in [-0.3, -0.25) is 4.79 Å². The van der Waals surface area contributed by atoms with E-state index in [1.54, 1.807) is 11.3 Å². The normalized spacial score (nSPS) is 15.4. The van der Waals surface area contributed by atoms with Gasteiger partial charge >= 0.3 is 5.97 Å². The van der Waals surface area contributed by atoms with Crippen molar-refractivity contribution in [2.24, 2.45) is 0 Å². The van der Waals surface area contributed by atoms with Crippen LogP contribution < -0.4 is 4.90 Å². The zero-order valence-electron chi connectivity index (χ0n) is 10.3. The van der Waals surface area contributed by atoms with Crippen molar-refractivity contribution in [3.8, 4) is 0 Å². The topological polar surface area (TPSA) is 42.4 Å². The third-order valence-corrected chi connectivity index (χ3v) is 4.07. The molecule has 17 heavy (non-hydrogen) atoms. The monoisotopic (exact) mass is 254 g/mol. The zero-order valence-corrected chi connectivity index (χ0v) is 11.1. The second kappa shape index (κ2) is 5.49. The van der Waals surface area contributed by atoms with Crippen LogP contribution in [0.25, 0.3) is 0 Å². The highest BCUT2D eigenvalue weighted by molar-refractivity contribution is 7.13. The Kier molecular flexibility index (Phi) is 3.99. The van der Waals surface area contributed by atoms with E-state index < -0.39 is 0 Å². The van der Waals surface area contributed by atoms with Crippen LogP contribution in [0.3, 0.4) is 0 Å². The highest BCUT2D eigenvalue weighted by Crippen LogP contribution is 2.30. The SMILES string of the molecule is CCOC(=O)Cc1csc(N(C)C2CCC2)n1. The van der Waals surface area contributed by atoms with Crippen molar-refractivity contribution < 1.29 is 9.53 Å². The van der Waals surface area contributed by atoms with Crippen LogP contribution in [0.2, 0.25) is 0 Å². The van der Waals surface area contributed by atoms with Crippen molar-refractivity contribution in [3.05, 3.63) is 11.1 Å². The largest absolute Gasteiger partial charge is 0.466 e. The third kappa shape index (κ3) is 2.97. The highest BCUT2D eigenvalue weighted by atomic mass is 32.1. The lowest BCUT2D eigenvalue weighted by Crippen LogP contribution is -2.37. The molecule has 0 aliphatic heterocycles. The molecule has 5 heteroatoms. The molecule has 1 aromatic heterocycles. The zero-order chi connectivity index (χ0) is 12.3. The minimum absolute atomic E-state index is 0.198. The first-order valence-corrected chi connectivity index (χ1v) is 6.91. The van der Waals surface area contributed by atoms with Crippen LogP contribution in [-0.4, -0.2) is 30.6 Å². The Morgan fingerprint density at radius 2 is 2.41 bits per heavy atom. The van der Waals surface area contributed by atoms with Crippen LogP contribution >= 0.6 is 11.3 Å². The summed E-state index contributed by atoms with van der Waals surface area (Å²) in [6, 6.07) is 0.636. The van der Waals surface area contributed by atoms with Gasteiger partial charge in [0.25, 0.3) is 0 Å². The molecule has 4 nitrogen and oxygen atoms in total. The molecule has 1 saturated carbocycles. The average Bonchev–Trinajstić information content (AvgIpc) is 2.63. The number of esters is 1. The Morgan fingerprint density at radius 1 is 1.65 bits per heavy atom. The molecule has 1 aliphatic carbocycles. The number of hydrogen-bond acceptors (Lipinski definition) is 5. The molecule has 0 atom stereocenters. The summed E-state index contributed by atoms with van der Waals surface area (Å²) in [5.74, 6) is -0.198. The molecule has 1 aliphatic rings. The van der Waals surface area contributed by atoms with E-state index in [9.17, 15) is 4.79 Å². The van der Waals surface area contributed by atoms with Gasteiger partial charge in [0.05, 0.1) is 18.7 Å². The molecule has 0 amide bonds. The van der Waals surface area contributed by atoms with Gasteiger partial charge in [0, 0.05) is 18.5 Å².